The molecule has 1 unspecified atom stereocenters. The summed E-state index contributed by atoms with van der Waals surface area (Å²) in [6.07, 6.45) is 3.24. The van der Waals surface area contributed by atoms with Crippen LogP contribution in [0.4, 0.5) is 5.69 Å². The van der Waals surface area contributed by atoms with Gasteiger partial charge in [-0.1, -0.05) is 24.3 Å². The van der Waals surface area contributed by atoms with Crippen LogP contribution in [-0.2, 0) is 0 Å². The lowest BCUT2D eigenvalue weighted by Crippen LogP contribution is -2.38. The molecule has 6 heteroatoms. The highest BCUT2D eigenvalue weighted by Gasteiger charge is 2.43. The van der Waals surface area contributed by atoms with Gasteiger partial charge in [-0.25, -0.2) is 0 Å². The molecular weight excluding hydrogens is 244 g/mol. The van der Waals surface area contributed by atoms with E-state index in [9.17, 15) is 20.6 Å². The molecule has 0 saturated heterocycles. The van der Waals surface area contributed by atoms with Crippen molar-refractivity contribution >= 4 is 5.69 Å². The van der Waals surface area contributed by atoms with E-state index in [0.717, 1.165) is 0 Å². The van der Waals surface area contributed by atoms with Crippen molar-refractivity contribution in [2.45, 2.75) is 5.92 Å². The van der Waals surface area contributed by atoms with Crippen LogP contribution in [0.25, 0.3) is 0 Å². The van der Waals surface area contributed by atoms with Crippen LogP contribution >= 0.6 is 0 Å². The van der Waals surface area contributed by atoms with Crippen molar-refractivity contribution in [1.29, 1.82) is 10.5 Å². The molecule has 6 nitrogen and oxygen atoms in total. The molecule has 0 aliphatic carbocycles. The smallest absolute Gasteiger partial charge is 0.273 e. The SMILES string of the molecule is N#CC1(C#N)CNC=CC1c1ccccc1[N+](=O)[O-]. The van der Waals surface area contributed by atoms with E-state index in [4.69, 9.17) is 0 Å². The monoisotopic (exact) mass is 254 g/mol. The van der Waals surface area contributed by atoms with E-state index >= 15 is 0 Å². The number of nitro benzene ring substituents is 1. The fraction of sp³-hybridized carbons (Fsp3) is 0.231. The second-order valence-corrected chi connectivity index (χ2v) is 4.23. The van der Waals surface area contributed by atoms with Crippen molar-refractivity contribution in [2.75, 3.05) is 6.54 Å². The highest BCUT2D eigenvalue weighted by molar-refractivity contribution is 5.48. The number of benzene rings is 1. The van der Waals surface area contributed by atoms with Gasteiger partial charge < -0.3 is 5.32 Å². The number of nitrogens with zero attached hydrogens (tertiary/aromatic N) is 3. The molecule has 0 bridgehead atoms. The van der Waals surface area contributed by atoms with E-state index in [2.05, 4.69) is 5.32 Å². The van der Waals surface area contributed by atoms with Gasteiger partial charge in [0, 0.05) is 24.1 Å². The Morgan fingerprint density at radius 3 is 2.68 bits per heavy atom. The Morgan fingerprint density at radius 2 is 2.05 bits per heavy atom. The summed E-state index contributed by atoms with van der Waals surface area (Å²) in [5.74, 6) is -0.620. The second-order valence-electron chi connectivity index (χ2n) is 4.23. The summed E-state index contributed by atoms with van der Waals surface area (Å²) in [5, 5.41) is 32.5. The molecule has 1 aliphatic heterocycles. The number of hydrogen-bond acceptors (Lipinski definition) is 5. The van der Waals surface area contributed by atoms with Gasteiger partial charge in [0.05, 0.1) is 17.1 Å². The van der Waals surface area contributed by atoms with Crippen LogP contribution in [0, 0.1) is 38.2 Å². The predicted molar refractivity (Wildman–Crippen MR) is 66.6 cm³/mol. The van der Waals surface area contributed by atoms with Gasteiger partial charge in [0.2, 0.25) is 0 Å². The van der Waals surface area contributed by atoms with Crippen LogP contribution in [0.3, 0.4) is 0 Å². The fourth-order valence-corrected chi connectivity index (χ4v) is 2.19. The standard InChI is InChI=1S/C13H10N4O2/c14-7-13(8-15)9-16-6-5-11(13)10-3-1-2-4-12(10)17(18)19/h1-6,11,16H,9H2. The van der Waals surface area contributed by atoms with Crippen LogP contribution in [0.1, 0.15) is 11.5 Å². The van der Waals surface area contributed by atoms with Gasteiger partial charge in [0.25, 0.3) is 5.69 Å². The Kier molecular flexibility index (Phi) is 3.17. The van der Waals surface area contributed by atoms with E-state index in [1.807, 2.05) is 12.1 Å². The van der Waals surface area contributed by atoms with Crippen LogP contribution in [-0.4, -0.2) is 11.5 Å². The van der Waals surface area contributed by atoms with Crippen LogP contribution in [0.2, 0.25) is 0 Å². The molecule has 0 radical (unpaired) electrons. The Labute approximate surface area is 109 Å². The first-order valence-corrected chi connectivity index (χ1v) is 5.60. The number of nitriles is 2. The zero-order valence-corrected chi connectivity index (χ0v) is 9.91. The summed E-state index contributed by atoms with van der Waals surface area (Å²) < 4.78 is 0. The molecule has 0 spiro atoms. The Balaban J connectivity index is 2.60. The molecule has 0 fully saturated rings. The highest BCUT2D eigenvalue weighted by Crippen LogP contribution is 2.41. The zero-order chi connectivity index (χ0) is 13.9. The van der Waals surface area contributed by atoms with Gasteiger partial charge in [-0.2, -0.15) is 10.5 Å². The molecule has 2 rings (SSSR count). The average molecular weight is 254 g/mol. The van der Waals surface area contributed by atoms with Crippen LogP contribution in [0.5, 0.6) is 0 Å². The lowest BCUT2D eigenvalue weighted by Gasteiger charge is -2.30. The molecule has 1 aromatic rings. The number of nitrogens with one attached hydrogen (secondary N) is 1. The predicted octanol–water partition coefficient (Wildman–Crippen LogP) is 1.83. The zero-order valence-electron chi connectivity index (χ0n) is 9.91. The van der Waals surface area contributed by atoms with Crippen molar-refractivity contribution in [2.24, 2.45) is 5.41 Å². The van der Waals surface area contributed by atoms with E-state index in [1.165, 1.54) is 6.07 Å². The maximum absolute atomic E-state index is 11.1. The van der Waals surface area contributed by atoms with E-state index in [-0.39, 0.29) is 12.2 Å². The molecule has 1 aliphatic rings. The number of para-hydroxylation sites is 1. The molecular formula is C13H10N4O2. The average Bonchev–Trinajstić information content (AvgIpc) is 2.47. The van der Waals surface area contributed by atoms with Gasteiger partial charge in [0.15, 0.2) is 5.41 Å². The first kappa shape index (κ1) is 12.6. The quantitative estimate of drug-likeness (QED) is 0.640. The first-order chi connectivity index (χ1) is 9.14. The van der Waals surface area contributed by atoms with E-state index < -0.39 is 16.3 Å². The van der Waals surface area contributed by atoms with Gasteiger partial charge in [0.1, 0.15) is 0 Å². The minimum Gasteiger partial charge on any atom is -0.388 e. The van der Waals surface area contributed by atoms with Crippen molar-refractivity contribution < 1.29 is 4.92 Å². The fourth-order valence-electron chi connectivity index (χ4n) is 2.19. The number of nitro groups is 1. The third-order valence-corrected chi connectivity index (χ3v) is 3.19. The molecule has 0 amide bonds. The third-order valence-electron chi connectivity index (χ3n) is 3.19. The maximum Gasteiger partial charge on any atom is 0.273 e. The largest absolute Gasteiger partial charge is 0.388 e. The van der Waals surface area contributed by atoms with Gasteiger partial charge in [-0.15, -0.1) is 0 Å². The maximum atomic E-state index is 11.1. The van der Waals surface area contributed by atoms with Gasteiger partial charge in [-0.3, -0.25) is 10.1 Å². The Morgan fingerprint density at radius 1 is 1.37 bits per heavy atom. The number of rotatable bonds is 2. The van der Waals surface area contributed by atoms with Crippen molar-refractivity contribution in [3.63, 3.8) is 0 Å². The molecule has 1 N–H and O–H groups in total. The molecule has 1 atom stereocenters. The second kappa shape index (κ2) is 4.79. The van der Waals surface area contributed by atoms with E-state index in [0.29, 0.717) is 5.56 Å². The minimum absolute atomic E-state index is 0.0751. The third kappa shape index (κ3) is 2.00. The lowest BCUT2D eigenvalue weighted by molar-refractivity contribution is -0.385. The summed E-state index contributed by atoms with van der Waals surface area (Å²) in [4.78, 5) is 10.6. The highest BCUT2D eigenvalue weighted by atomic mass is 16.6. The molecule has 1 heterocycles. The number of hydrogen-bond donors (Lipinski definition) is 1. The van der Waals surface area contributed by atoms with Crippen LogP contribution < -0.4 is 5.32 Å². The van der Waals surface area contributed by atoms with Crippen LogP contribution in [0.15, 0.2) is 36.5 Å². The normalized spacial score (nSPS) is 19.8. The molecule has 94 valence electrons. The molecule has 1 aromatic carbocycles. The molecule has 0 aromatic heterocycles. The van der Waals surface area contributed by atoms with Crippen molar-refractivity contribution in [1.82, 2.24) is 5.32 Å². The minimum atomic E-state index is -1.33. The Bertz CT molecular complexity index is 610. The first-order valence-electron chi connectivity index (χ1n) is 5.60. The summed E-state index contributed by atoms with van der Waals surface area (Å²) in [7, 11) is 0. The summed E-state index contributed by atoms with van der Waals surface area (Å²) >= 11 is 0. The Hall–Kier alpha value is -2.86. The lowest BCUT2D eigenvalue weighted by atomic mass is 9.72. The number of allylic oxidation sites excluding steroid dienone is 1. The summed E-state index contributed by atoms with van der Waals surface area (Å²) in [5.41, 5.74) is -1.02. The summed E-state index contributed by atoms with van der Waals surface area (Å²) in [6.45, 7) is 0.146. The van der Waals surface area contributed by atoms with Gasteiger partial charge >= 0.3 is 0 Å². The van der Waals surface area contributed by atoms with Crippen molar-refractivity contribution in [3.05, 3.63) is 52.2 Å². The van der Waals surface area contributed by atoms with E-state index in [1.54, 1.807) is 30.5 Å². The summed E-state index contributed by atoms with van der Waals surface area (Å²) in [6, 6.07) is 10.2. The molecule has 0 saturated carbocycles. The van der Waals surface area contributed by atoms with Gasteiger partial charge in [-0.05, 0) is 6.20 Å². The van der Waals surface area contributed by atoms with Crippen molar-refractivity contribution in [3.8, 4) is 12.1 Å². The topological polar surface area (TPSA) is 103 Å². The molecule has 19 heavy (non-hydrogen) atoms.